The maximum absolute atomic E-state index is 12.4. The van der Waals surface area contributed by atoms with Crippen molar-refractivity contribution in [2.45, 2.75) is 13.1 Å². The molecule has 114 valence electrons. The third-order valence-corrected chi connectivity index (χ3v) is 4.53. The average molecular weight is 308 g/mol. The number of nitrogens with zero attached hydrogens (tertiary/aromatic N) is 1. The molecule has 6 heteroatoms. The number of benzene rings is 1. The van der Waals surface area contributed by atoms with Crippen LogP contribution >= 0.6 is 11.3 Å². The van der Waals surface area contributed by atoms with E-state index >= 15 is 0 Å². The molecule has 0 aliphatic heterocycles. The van der Waals surface area contributed by atoms with E-state index in [1.165, 1.54) is 11.3 Å². The number of hydrogen-bond donors (Lipinski definition) is 1. The van der Waals surface area contributed by atoms with Crippen LogP contribution < -0.4 is 14.8 Å². The first kappa shape index (κ1) is 15.6. The van der Waals surface area contributed by atoms with Crippen molar-refractivity contribution in [3.63, 3.8) is 0 Å². The van der Waals surface area contributed by atoms with Crippen molar-refractivity contribution in [2.75, 3.05) is 28.3 Å². The van der Waals surface area contributed by atoms with Gasteiger partial charge >= 0.3 is 0 Å². The third kappa shape index (κ3) is 3.11. The van der Waals surface area contributed by atoms with E-state index in [1.54, 1.807) is 14.2 Å². The highest BCUT2D eigenvalue weighted by Gasteiger charge is 2.21. The van der Waals surface area contributed by atoms with Gasteiger partial charge in [-0.1, -0.05) is 0 Å². The fraction of sp³-hybridized carbons (Fsp3) is 0.400. The van der Waals surface area contributed by atoms with Crippen LogP contribution in [0.1, 0.15) is 16.6 Å². The van der Waals surface area contributed by atoms with Gasteiger partial charge in [0.2, 0.25) is 0 Å². The predicted molar refractivity (Wildman–Crippen MR) is 85.5 cm³/mol. The van der Waals surface area contributed by atoms with E-state index < -0.39 is 0 Å². The first-order chi connectivity index (χ1) is 9.97. The molecule has 0 spiro atoms. The van der Waals surface area contributed by atoms with E-state index in [4.69, 9.17) is 9.47 Å². The van der Waals surface area contributed by atoms with Crippen molar-refractivity contribution >= 4 is 27.3 Å². The van der Waals surface area contributed by atoms with Crippen LogP contribution in [0.4, 0.5) is 0 Å². The number of rotatable bonds is 5. The van der Waals surface area contributed by atoms with Crippen LogP contribution in [-0.2, 0) is 0 Å². The second-order valence-corrected chi connectivity index (χ2v) is 5.99. The number of carbonyl (C=O) groups is 1. The maximum atomic E-state index is 12.4. The molecule has 2 aromatic rings. The number of amides is 1. The minimum absolute atomic E-state index is 0.0537. The standard InChI is InChI=1S/C15H20N2O3S/c1-9(17(2)3)16-15(18)14-13(20-5)11-8-10(19-4)6-7-12(11)21-14/h6-9H,1-5H3,(H,16,18). The van der Waals surface area contributed by atoms with Crippen LogP contribution in [0.2, 0.25) is 0 Å². The smallest absolute Gasteiger partial charge is 0.266 e. The Bertz CT molecular complexity index is 652. The van der Waals surface area contributed by atoms with Crippen LogP contribution in [0.3, 0.4) is 0 Å². The third-order valence-electron chi connectivity index (χ3n) is 3.37. The quantitative estimate of drug-likeness (QED) is 0.863. The highest BCUT2D eigenvalue weighted by atomic mass is 32.1. The Balaban J connectivity index is 2.41. The number of thiophene rings is 1. The summed E-state index contributed by atoms with van der Waals surface area (Å²) >= 11 is 1.42. The lowest BCUT2D eigenvalue weighted by atomic mass is 10.2. The Morgan fingerprint density at radius 3 is 2.57 bits per heavy atom. The molecule has 1 aromatic carbocycles. The molecule has 1 N–H and O–H groups in total. The van der Waals surface area contributed by atoms with Gasteiger partial charge in [-0.2, -0.15) is 0 Å². The normalized spacial score (nSPS) is 12.5. The summed E-state index contributed by atoms with van der Waals surface area (Å²) in [5, 5.41) is 3.84. The number of fused-ring (bicyclic) bond motifs is 1. The molecule has 0 bridgehead atoms. The van der Waals surface area contributed by atoms with Crippen LogP contribution in [0.5, 0.6) is 11.5 Å². The van der Waals surface area contributed by atoms with Crippen molar-refractivity contribution in [3.05, 3.63) is 23.1 Å². The molecule has 0 aliphatic carbocycles. The summed E-state index contributed by atoms with van der Waals surface area (Å²) in [6.07, 6.45) is -0.0537. The predicted octanol–water partition coefficient (Wildman–Crippen LogP) is 2.56. The molecule has 0 radical (unpaired) electrons. The minimum Gasteiger partial charge on any atom is -0.497 e. The molecular formula is C15H20N2O3S. The van der Waals surface area contributed by atoms with Gasteiger partial charge in [0, 0.05) is 10.1 Å². The van der Waals surface area contributed by atoms with Gasteiger partial charge in [-0.15, -0.1) is 11.3 Å². The maximum Gasteiger partial charge on any atom is 0.266 e. The second kappa shape index (κ2) is 6.32. The lowest BCUT2D eigenvalue weighted by Crippen LogP contribution is -2.42. The van der Waals surface area contributed by atoms with Gasteiger partial charge in [0.05, 0.1) is 20.4 Å². The van der Waals surface area contributed by atoms with E-state index in [-0.39, 0.29) is 12.1 Å². The second-order valence-electron chi connectivity index (χ2n) is 4.94. The summed E-state index contributed by atoms with van der Waals surface area (Å²) < 4.78 is 11.7. The number of hydrogen-bond acceptors (Lipinski definition) is 5. The number of methoxy groups -OCH3 is 2. The van der Waals surface area contributed by atoms with Gasteiger partial charge < -0.3 is 14.8 Å². The van der Waals surface area contributed by atoms with Crippen LogP contribution in [0.25, 0.3) is 10.1 Å². The number of ether oxygens (including phenoxy) is 2. The molecular weight excluding hydrogens is 288 g/mol. The first-order valence-electron chi connectivity index (χ1n) is 6.59. The van der Waals surface area contributed by atoms with E-state index in [0.717, 1.165) is 15.8 Å². The molecule has 1 heterocycles. The molecule has 1 amide bonds. The summed E-state index contributed by atoms with van der Waals surface area (Å²) in [7, 11) is 7.02. The summed E-state index contributed by atoms with van der Waals surface area (Å²) in [6.45, 7) is 1.93. The molecule has 5 nitrogen and oxygen atoms in total. The zero-order valence-electron chi connectivity index (χ0n) is 12.9. The van der Waals surface area contributed by atoms with Gasteiger partial charge in [0.15, 0.2) is 0 Å². The van der Waals surface area contributed by atoms with Crippen molar-refractivity contribution in [2.24, 2.45) is 0 Å². The lowest BCUT2D eigenvalue weighted by molar-refractivity contribution is 0.0902. The molecule has 0 fully saturated rings. The Labute approximate surface area is 128 Å². The topological polar surface area (TPSA) is 50.8 Å². The summed E-state index contributed by atoms with van der Waals surface area (Å²) in [5.41, 5.74) is 0. The summed E-state index contributed by atoms with van der Waals surface area (Å²) in [4.78, 5) is 14.9. The molecule has 0 saturated heterocycles. The van der Waals surface area contributed by atoms with E-state index in [9.17, 15) is 4.79 Å². The molecule has 2 rings (SSSR count). The van der Waals surface area contributed by atoms with E-state index in [1.807, 2.05) is 44.1 Å². The SMILES string of the molecule is COc1ccc2sc(C(=O)NC(C)N(C)C)c(OC)c2c1. The molecule has 21 heavy (non-hydrogen) atoms. The number of carbonyl (C=O) groups excluding carboxylic acids is 1. The molecule has 0 aliphatic rings. The van der Waals surface area contributed by atoms with Crippen LogP contribution in [0, 0.1) is 0 Å². The molecule has 1 aromatic heterocycles. The van der Waals surface area contributed by atoms with Crippen molar-refractivity contribution in [1.29, 1.82) is 0 Å². The van der Waals surface area contributed by atoms with E-state index in [0.29, 0.717) is 10.6 Å². The van der Waals surface area contributed by atoms with Gasteiger partial charge in [-0.3, -0.25) is 9.69 Å². The molecule has 1 atom stereocenters. The highest BCUT2D eigenvalue weighted by molar-refractivity contribution is 7.21. The fourth-order valence-electron chi connectivity index (χ4n) is 1.92. The van der Waals surface area contributed by atoms with Crippen molar-refractivity contribution in [1.82, 2.24) is 10.2 Å². The molecule has 0 saturated carbocycles. The fourth-order valence-corrected chi connectivity index (χ4v) is 2.97. The van der Waals surface area contributed by atoms with Crippen molar-refractivity contribution in [3.8, 4) is 11.5 Å². The Morgan fingerprint density at radius 2 is 2.00 bits per heavy atom. The zero-order chi connectivity index (χ0) is 15.6. The monoisotopic (exact) mass is 308 g/mol. The largest absolute Gasteiger partial charge is 0.497 e. The minimum atomic E-state index is -0.131. The van der Waals surface area contributed by atoms with Crippen molar-refractivity contribution < 1.29 is 14.3 Å². The summed E-state index contributed by atoms with van der Waals surface area (Å²) in [5.74, 6) is 1.21. The van der Waals surface area contributed by atoms with Crippen LogP contribution in [-0.4, -0.2) is 45.3 Å². The Hall–Kier alpha value is -1.79. The lowest BCUT2D eigenvalue weighted by Gasteiger charge is -2.20. The van der Waals surface area contributed by atoms with Crippen LogP contribution in [0.15, 0.2) is 18.2 Å². The van der Waals surface area contributed by atoms with E-state index in [2.05, 4.69) is 5.32 Å². The Morgan fingerprint density at radius 1 is 1.29 bits per heavy atom. The van der Waals surface area contributed by atoms with Gasteiger partial charge in [-0.25, -0.2) is 0 Å². The van der Waals surface area contributed by atoms with Gasteiger partial charge in [0.1, 0.15) is 16.4 Å². The van der Waals surface area contributed by atoms with Gasteiger partial charge in [0.25, 0.3) is 5.91 Å². The van der Waals surface area contributed by atoms with Gasteiger partial charge in [-0.05, 0) is 39.2 Å². The first-order valence-corrected chi connectivity index (χ1v) is 7.41. The molecule has 1 unspecified atom stereocenters. The zero-order valence-corrected chi connectivity index (χ0v) is 13.7. The summed E-state index contributed by atoms with van der Waals surface area (Å²) in [6, 6.07) is 5.70. The average Bonchev–Trinajstić information content (AvgIpc) is 2.84. The Kier molecular flexibility index (Phi) is 4.69. The number of nitrogens with one attached hydrogen (secondary N) is 1. The highest BCUT2D eigenvalue weighted by Crippen LogP contribution is 2.39.